The van der Waals surface area contributed by atoms with Gasteiger partial charge in [-0.25, -0.2) is 0 Å². The molecule has 0 aliphatic carbocycles. The SMILES string of the molecule is Cc1cncc(CN2CCCCC2C2CCCN2)c1. The topological polar surface area (TPSA) is 28.2 Å². The molecular weight excluding hydrogens is 234 g/mol. The van der Waals surface area contributed by atoms with Crippen molar-refractivity contribution in [1.82, 2.24) is 15.2 Å². The summed E-state index contributed by atoms with van der Waals surface area (Å²) in [6.45, 7) is 5.65. The van der Waals surface area contributed by atoms with Crippen LogP contribution in [0.15, 0.2) is 18.5 Å². The molecule has 0 aromatic carbocycles. The molecule has 3 rings (SSSR count). The van der Waals surface area contributed by atoms with E-state index in [1.807, 2.05) is 12.4 Å². The third kappa shape index (κ3) is 3.15. The maximum absolute atomic E-state index is 4.33. The van der Waals surface area contributed by atoms with Crippen LogP contribution in [0.25, 0.3) is 0 Å². The molecule has 104 valence electrons. The standard InChI is InChI=1S/C16H25N3/c1-13-9-14(11-17-10-13)12-19-8-3-2-6-16(19)15-5-4-7-18-15/h9-11,15-16,18H,2-8,12H2,1H3. The quantitative estimate of drug-likeness (QED) is 0.904. The summed E-state index contributed by atoms with van der Waals surface area (Å²) < 4.78 is 0. The summed E-state index contributed by atoms with van der Waals surface area (Å²) in [6.07, 6.45) is 10.8. The van der Waals surface area contributed by atoms with Gasteiger partial charge in [-0.3, -0.25) is 9.88 Å². The Morgan fingerprint density at radius 2 is 2.21 bits per heavy atom. The zero-order valence-corrected chi connectivity index (χ0v) is 11.9. The molecule has 2 fully saturated rings. The highest BCUT2D eigenvalue weighted by atomic mass is 15.2. The second kappa shape index (κ2) is 6.02. The van der Waals surface area contributed by atoms with Crippen molar-refractivity contribution in [2.75, 3.05) is 13.1 Å². The number of piperidine rings is 1. The van der Waals surface area contributed by atoms with Crippen LogP contribution >= 0.6 is 0 Å². The predicted molar refractivity (Wildman–Crippen MR) is 78.0 cm³/mol. The highest BCUT2D eigenvalue weighted by Gasteiger charge is 2.31. The molecule has 0 saturated carbocycles. The Bertz CT molecular complexity index is 412. The molecule has 0 bridgehead atoms. The average molecular weight is 259 g/mol. The summed E-state index contributed by atoms with van der Waals surface area (Å²) in [6, 6.07) is 3.73. The third-order valence-electron chi connectivity index (χ3n) is 4.54. The first-order valence-corrected chi connectivity index (χ1v) is 7.71. The summed E-state index contributed by atoms with van der Waals surface area (Å²) >= 11 is 0. The first-order valence-electron chi connectivity index (χ1n) is 7.71. The van der Waals surface area contributed by atoms with Gasteiger partial charge in [-0.1, -0.05) is 12.5 Å². The van der Waals surface area contributed by atoms with Crippen molar-refractivity contribution in [3.63, 3.8) is 0 Å². The number of aromatic nitrogens is 1. The van der Waals surface area contributed by atoms with Crippen molar-refractivity contribution in [3.05, 3.63) is 29.6 Å². The monoisotopic (exact) mass is 259 g/mol. The van der Waals surface area contributed by atoms with E-state index in [2.05, 4.69) is 28.2 Å². The maximum Gasteiger partial charge on any atom is 0.0313 e. The number of nitrogens with one attached hydrogen (secondary N) is 1. The van der Waals surface area contributed by atoms with Crippen molar-refractivity contribution in [2.24, 2.45) is 0 Å². The molecule has 2 saturated heterocycles. The van der Waals surface area contributed by atoms with Crippen LogP contribution in [0.4, 0.5) is 0 Å². The van der Waals surface area contributed by atoms with Gasteiger partial charge < -0.3 is 5.32 Å². The van der Waals surface area contributed by atoms with Crippen LogP contribution < -0.4 is 5.32 Å². The lowest BCUT2D eigenvalue weighted by atomic mass is 9.94. The Kier molecular flexibility index (Phi) is 4.14. The molecule has 3 heteroatoms. The summed E-state index contributed by atoms with van der Waals surface area (Å²) in [7, 11) is 0. The first-order chi connectivity index (χ1) is 9.33. The summed E-state index contributed by atoms with van der Waals surface area (Å²) in [5.74, 6) is 0. The Balaban J connectivity index is 1.69. The summed E-state index contributed by atoms with van der Waals surface area (Å²) in [5, 5.41) is 3.70. The van der Waals surface area contributed by atoms with Crippen molar-refractivity contribution in [1.29, 1.82) is 0 Å². The van der Waals surface area contributed by atoms with Crippen molar-refractivity contribution in [2.45, 2.75) is 57.7 Å². The molecule has 0 spiro atoms. The largest absolute Gasteiger partial charge is 0.312 e. The van der Waals surface area contributed by atoms with Gasteiger partial charge in [0.2, 0.25) is 0 Å². The van der Waals surface area contributed by atoms with Crippen LogP contribution in [0.3, 0.4) is 0 Å². The van der Waals surface area contributed by atoms with Gasteiger partial charge in [0.05, 0.1) is 0 Å². The van der Waals surface area contributed by atoms with Crippen molar-refractivity contribution in [3.8, 4) is 0 Å². The predicted octanol–water partition coefficient (Wildman–Crippen LogP) is 2.50. The fourth-order valence-corrected chi connectivity index (χ4v) is 3.65. The third-order valence-corrected chi connectivity index (χ3v) is 4.54. The van der Waals surface area contributed by atoms with Crippen molar-refractivity contribution >= 4 is 0 Å². The van der Waals surface area contributed by atoms with E-state index >= 15 is 0 Å². The second-order valence-corrected chi connectivity index (χ2v) is 6.11. The van der Waals surface area contributed by atoms with Gasteiger partial charge in [-0.15, -0.1) is 0 Å². The van der Waals surface area contributed by atoms with Gasteiger partial charge in [0, 0.05) is 31.0 Å². The highest BCUT2D eigenvalue weighted by molar-refractivity contribution is 5.16. The molecule has 2 aliphatic heterocycles. The Morgan fingerprint density at radius 3 is 3.00 bits per heavy atom. The van der Waals surface area contributed by atoms with E-state index in [4.69, 9.17) is 0 Å². The van der Waals surface area contributed by atoms with Gasteiger partial charge in [-0.05, 0) is 56.8 Å². The lowest BCUT2D eigenvalue weighted by Crippen LogP contribution is -2.49. The smallest absolute Gasteiger partial charge is 0.0313 e. The number of aryl methyl sites for hydroxylation is 1. The van der Waals surface area contributed by atoms with Gasteiger partial charge in [0.15, 0.2) is 0 Å². The molecule has 2 unspecified atom stereocenters. The second-order valence-electron chi connectivity index (χ2n) is 6.11. The van der Waals surface area contributed by atoms with Crippen LogP contribution in [0.2, 0.25) is 0 Å². The molecule has 1 N–H and O–H groups in total. The zero-order chi connectivity index (χ0) is 13.1. The van der Waals surface area contributed by atoms with Crippen LogP contribution in [0.1, 0.15) is 43.2 Å². The van der Waals surface area contributed by atoms with E-state index < -0.39 is 0 Å². The number of hydrogen-bond donors (Lipinski definition) is 1. The number of likely N-dealkylation sites (tertiary alicyclic amines) is 1. The molecule has 1 aromatic heterocycles. The minimum absolute atomic E-state index is 0.720. The van der Waals surface area contributed by atoms with E-state index in [1.54, 1.807) is 0 Å². The van der Waals surface area contributed by atoms with Gasteiger partial charge in [0.1, 0.15) is 0 Å². The fraction of sp³-hybridized carbons (Fsp3) is 0.688. The van der Waals surface area contributed by atoms with Crippen LogP contribution in [0, 0.1) is 6.92 Å². The summed E-state index contributed by atoms with van der Waals surface area (Å²) in [5.41, 5.74) is 2.63. The molecule has 2 aliphatic rings. The minimum atomic E-state index is 0.720. The number of nitrogens with zero attached hydrogens (tertiary/aromatic N) is 2. The number of hydrogen-bond acceptors (Lipinski definition) is 3. The zero-order valence-electron chi connectivity index (χ0n) is 11.9. The number of rotatable bonds is 3. The fourth-order valence-electron chi connectivity index (χ4n) is 3.65. The minimum Gasteiger partial charge on any atom is -0.312 e. The molecule has 2 atom stereocenters. The van der Waals surface area contributed by atoms with Crippen LogP contribution in [0.5, 0.6) is 0 Å². The first kappa shape index (κ1) is 13.1. The van der Waals surface area contributed by atoms with E-state index in [9.17, 15) is 0 Å². The van der Waals surface area contributed by atoms with Gasteiger partial charge in [0.25, 0.3) is 0 Å². The molecule has 3 heterocycles. The Labute approximate surface area is 116 Å². The molecular formula is C16H25N3. The van der Waals surface area contributed by atoms with E-state index in [-0.39, 0.29) is 0 Å². The van der Waals surface area contributed by atoms with E-state index in [0.29, 0.717) is 0 Å². The van der Waals surface area contributed by atoms with E-state index in [1.165, 1.54) is 56.3 Å². The molecule has 1 aromatic rings. The van der Waals surface area contributed by atoms with Crippen LogP contribution in [-0.2, 0) is 6.54 Å². The Morgan fingerprint density at radius 1 is 1.26 bits per heavy atom. The van der Waals surface area contributed by atoms with Gasteiger partial charge in [-0.2, -0.15) is 0 Å². The Hall–Kier alpha value is -0.930. The van der Waals surface area contributed by atoms with Gasteiger partial charge >= 0.3 is 0 Å². The summed E-state index contributed by atoms with van der Waals surface area (Å²) in [4.78, 5) is 7.01. The molecule has 19 heavy (non-hydrogen) atoms. The normalized spacial score (nSPS) is 28.7. The molecule has 3 nitrogen and oxygen atoms in total. The number of pyridine rings is 1. The lowest BCUT2D eigenvalue weighted by Gasteiger charge is -2.39. The molecule has 0 radical (unpaired) electrons. The lowest BCUT2D eigenvalue weighted by molar-refractivity contribution is 0.112. The van der Waals surface area contributed by atoms with E-state index in [0.717, 1.165) is 18.6 Å². The van der Waals surface area contributed by atoms with Crippen LogP contribution in [-0.4, -0.2) is 35.1 Å². The van der Waals surface area contributed by atoms with Crippen molar-refractivity contribution < 1.29 is 0 Å². The average Bonchev–Trinajstić information content (AvgIpc) is 2.93. The maximum atomic E-state index is 4.33. The highest BCUT2D eigenvalue weighted by Crippen LogP contribution is 2.25. The molecule has 0 amide bonds.